The number of hydrogen-bond donors (Lipinski definition) is 0. The maximum atomic E-state index is 9.25. The monoisotopic (exact) mass is 218 g/mol. The molecule has 1 atom stereocenters. The molecule has 0 N–H and O–H groups in total. The van der Waals surface area contributed by atoms with E-state index in [1.165, 1.54) is 12.8 Å². The maximum Gasteiger partial charge on any atom is 0.0689 e. The highest BCUT2D eigenvalue weighted by Crippen LogP contribution is 2.42. The first-order valence-electron chi connectivity index (χ1n) is 6.26. The molecule has 0 radical (unpaired) electrons. The quantitative estimate of drug-likeness (QED) is 0.618. The lowest BCUT2D eigenvalue weighted by Crippen LogP contribution is -2.14. The highest BCUT2D eigenvalue weighted by Gasteiger charge is 2.33. The highest BCUT2D eigenvalue weighted by atomic mass is 14.6. The minimum atomic E-state index is 0.00381. The third kappa shape index (κ3) is 3.81. The number of rotatable bonds is 6. The van der Waals surface area contributed by atoms with Crippen molar-refractivity contribution in [2.24, 2.45) is 16.3 Å². The van der Waals surface area contributed by atoms with Gasteiger partial charge in [0, 0.05) is 12.4 Å². The van der Waals surface area contributed by atoms with Gasteiger partial charge in [-0.1, -0.05) is 26.3 Å². The van der Waals surface area contributed by atoms with Crippen molar-refractivity contribution in [2.45, 2.75) is 51.9 Å². The first kappa shape index (κ1) is 13.0. The standard InChI is InChI=1S/C14H22N2/c1-3-16-11-7-13(2)6-10-14(12-15)8-4-5-9-14/h3,11,13H,1,4-10H2,2H3. The molecule has 1 aliphatic carbocycles. The van der Waals surface area contributed by atoms with Gasteiger partial charge < -0.3 is 0 Å². The van der Waals surface area contributed by atoms with Gasteiger partial charge in [0.05, 0.1) is 11.5 Å². The van der Waals surface area contributed by atoms with E-state index in [2.05, 4.69) is 24.6 Å². The Kier molecular flexibility index (Phi) is 5.25. The van der Waals surface area contributed by atoms with Crippen LogP contribution in [0.25, 0.3) is 0 Å². The van der Waals surface area contributed by atoms with Gasteiger partial charge in [-0.15, -0.1) is 0 Å². The van der Waals surface area contributed by atoms with Gasteiger partial charge in [0.15, 0.2) is 0 Å². The zero-order valence-corrected chi connectivity index (χ0v) is 10.3. The molecule has 0 spiro atoms. The molecule has 88 valence electrons. The third-order valence-electron chi connectivity index (χ3n) is 3.63. The number of nitriles is 1. The summed E-state index contributed by atoms with van der Waals surface area (Å²) in [6.07, 6.45) is 11.4. The van der Waals surface area contributed by atoms with Gasteiger partial charge in [-0.3, -0.25) is 4.99 Å². The Morgan fingerprint density at radius 3 is 2.75 bits per heavy atom. The molecule has 2 nitrogen and oxygen atoms in total. The summed E-state index contributed by atoms with van der Waals surface area (Å²) >= 11 is 0. The van der Waals surface area contributed by atoms with Crippen molar-refractivity contribution in [3.05, 3.63) is 12.8 Å². The number of aliphatic imine (C=N–C) groups is 1. The fraction of sp³-hybridized carbons (Fsp3) is 0.714. The van der Waals surface area contributed by atoms with Crippen LogP contribution in [0.15, 0.2) is 17.8 Å². The van der Waals surface area contributed by atoms with Crippen LogP contribution in [0, 0.1) is 22.7 Å². The Morgan fingerprint density at radius 2 is 2.19 bits per heavy atom. The minimum Gasteiger partial charge on any atom is -0.270 e. The van der Waals surface area contributed by atoms with Crippen LogP contribution in [0.4, 0.5) is 0 Å². The fourth-order valence-electron chi connectivity index (χ4n) is 2.43. The van der Waals surface area contributed by atoms with Gasteiger partial charge in [0.25, 0.3) is 0 Å². The predicted octanol–water partition coefficient (Wildman–Crippen LogP) is 4.09. The van der Waals surface area contributed by atoms with Crippen LogP contribution in [0.3, 0.4) is 0 Å². The maximum absolute atomic E-state index is 9.25. The third-order valence-corrected chi connectivity index (χ3v) is 3.63. The van der Waals surface area contributed by atoms with E-state index < -0.39 is 0 Å². The van der Waals surface area contributed by atoms with Crippen LogP contribution in [-0.4, -0.2) is 6.21 Å². The summed E-state index contributed by atoms with van der Waals surface area (Å²) < 4.78 is 0. The van der Waals surface area contributed by atoms with E-state index in [9.17, 15) is 5.26 Å². The molecule has 0 aliphatic heterocycles. The summed E-state index contributed by atoms with van der Waals surface area (Å²) in [7, 11) is 0. The Morgan fingerprint density at radius 1 is 1.50 bits per heavy atom. The Bertz CT molecular complexity index is 280. The van der Waals surface area contributed by atoms with Crippen molar-refractivity contribution < 1.29 is 0 Å². The molecule has 0 amide bonds. The summed E-state index contributed by atoms with van der Waals surface area (Å²) in [5.41, 5.74) is 0.00381. The van der Waals surface area contributed by atoms with Crippen LogP contribution in [0.1, 0.15) is 51.9 Å². The number of nitrogens with zero attached hydrogens (tertiary/aromatic N) is 2. The van der Waals surface area contributed by atoms with Gasteiger partial charge in [-0.2, -0.15) is 5.26 Å². The fourth-order valence-corrected chi connectivity index (χ4v) is 2.43. The van der Waals surface area contributed by atoms with E-state index in [1.807, 2.05) is 6.21 Å². The molecule has 1 unspecified atom stereocenters. The van der Waals surface area contributed by atoms with Gasteiger partial charge in [0.1, 0.15) is 0 Å². The highest BCUT2D eigenvalue weighted by molar-refractivity contribution is 5.58. The molecule has 1 saturated carbocycles. The summed E-state index contributed by atoms with van der Waals surface area (Å²) in [4.78, 5) is 4.00. The second kappa shape index (κ2) is 6.48. The van der Waals surface area contributed by atoms with Crippen molar-refractivity contribution in [3.63, 3.8) is 0 Å². The Labute approximate surface area is 99.1 Å². The van der Waals surface area contributed by atoms with Gasteiger partial charge in [-0.05, 0) is 38.0 Å². The summed E-state index contributed by atoms with van der Waals surface area (Å²) in [6.45, 7) is 5.78. The predicted molar refractivity (Wildman–Crippen MR) is 68.2 cm³/mol. The SMILES string of the molecule is C=CN=CCC(C)CCC1(C#N)CCCC1. The van der Waals surface area contributed by atoms with Gasteiger partial charge in [-0.25, -0.2) is 0 Å². The Balaban J connectivity index is 2.30. The molecule has 0 saturated heterocycles. The van der Waals surface area contributed by atoms with Crippen molar-refractivity contribution in [1.29, 1.82) is 5.26 Å². The van der Waals surface area contributed by atoms with Crippen molar-refractivity contribution in [3.8, 4) is 6.07 Å². The molecule has 0 bridgehead atoms. The smallest absolute Gasteiger partial charge is 0.0689 e. The topological polar surface area (TPSA) is 36.1 Å². The van der Waals surface area contributed by atoms with Crippen molar-refractivity contribution >= 4 is 6.21 Å². The molecule has 1 aliphatic rings. The Hall–Kier alpha value is -1.10. The van der Waals surface area contributed by atoms with Crippen LogP contribution in [-0.2, 0) is 0 Å². The van der Waals surface area contributed by atoms with E-state index in [-0.39, 0.29) is 5.41 Å². The van der Waals surface area contributed by atoms with Crippen molar-refractivity contribution in [1.82, 2.24) is 0 Å². The van der Waals surface area contributed by atoms with E-state index in [4.69, 9.17) is 0 Å². The molecule has 1 fully saturated rings. The summed E-state index contributed by atoms with van der Waals surface area (Å²) in [6, 6.07) is 2.55. The summed E-state index contributed by atoms with van der Waals surface area (Å²) in [5.74, 6) is 0.620. The van der Waals surface area contributed by atoms with Crippen LogP contribution < -0.4 is 0 Å². The van der Waals surface area contributed by atoms with Gasteiger partial charge in [0.2, 0.25) is 0 Å². The van der Waals surface area contributed by atoms with E-state index in [0.29, 0.717) is 5.92 Å². The van der Waals surface area contributed by atoms with Crippen LogP contribution >= 0.6 is 0 Å². The van der Waals surface area contributed by atoms with E-state index in [1.54, 1.807) is 6.20 Å². The average Bonchev–Trinajstić information content (AvgIpc) is 2.76. The van der Waals surface area contributed by atoms with Crippen LogP contribution in [0.2, 0.25) is 0 Å². The zero-order valence-electron chi connectivity index (χ0n) is 10.3. The van der Waals surface area contributed by atoms with E-state index >= 15 is 0 Å². The van der Waals surface area contributed by atoms with Crippen molar-refractivity contribution in [2.75, 3.05) is 0 Å². The first-order chi connectivity index (χ1) is 7.72. The van der Waals surface area contributed by atoms with Crippen LogP contribution in [0.5, 0.6) is 0 Å². The molecular formula is C14H22N2. The molecule has 0 heterocycles. The minimum absolute atomic E-state index is 0.00381. The zero-order chi connectivity index (χ0) is 11.9. The first-order valence-corrected chi connectivity index (χ1v) is 6.26. The molecular weight excluding hydrogens is 196 g/mol. The second-order valence-electron chi connectivity index (χ2n) is 4.99. The lowest BCUT2D eigenvalue weighted by Gasteiger charge is -2.21. The molecule has 16 heavy (non-hydrogen) atoms. The lowest BCUT2D eigenvalue weighted by atomic mass is 9.81. The average molecular weight is 218 g/mol. The normalized spacial score (nSPS) is 20.8. The summed E-state index contributed by atoms with van der Waals surface area (Å²) in [5, 5.41) is 9.25. The molecule has 1 rings (SSSR count). The molecule has 0 aromatic heterocycles. The molecule has 2 heteroatoms. The van der Waals surface area contributed by atoms with E-state index in [0.717, 1.165) is 32.1 Å². The largest absolute Gasteiger partial charge is 0.270 e. The number of hydrogen-bond acceptors (Lipinski definition) is 2. The second-order valence-corrected chi connectivity index (χ2v) is 4.99. The lowest BCUT2D eigenvalue weighted by molar-refractivity contribution is 0.334. The van der Waals surface area contributed by atoms with Gasteiger partial charge >= 0.3 is 0 Å². The molecule has 0 aromatic carbocycles. The molecule has 0 aromatic rings.